The smallest absolute Gasteiger partial charge is 0.244 e. The highest BCUT2D eigenvalue weighted by Crippen LogP contribution is 2.30. The van der Waals surface area contributed by atoms with E-state index >= 15 is 0 Å². The highest BCUT2D eigenvalue weighted by Gasteiger charge is 2.29. The molecular formula is C13H25N5O. The maximum atomic E-state index is 8.76. The molecule has 108 valence electrons. The summed E-state index contributed by atoms with van der Waals surface area (Å²) in [4.78, 5) is 6.75. The summed E-state index contributed by atoms with van der Waals surface area (Å²) in [6, 6.07) is 0. The van der Waals surface area contributed by atoms with Crippen LogP contribution in [-0.2, 0) is 6.42 Å². The first-order chi connectivity index (χ1) is 9.17. The molecule has 0 bridgehead atoms. The lowest BCUT2D eigenvalue weighted by molar-refractivity contribution is 0.257. The van der Waals surface area contributed by atoms with E-state index in [0.717, 1.165) is 63.5 Å². The average Bonchev–Trinajstić information content (AvgIpc) is 2.89. The van der Waals surface area contributed by atoms with E-state index < -0.39 is 0 Å². The van der Waals surface area contributed by atoms with Gasteiger partial charge in [-0.25, -0.2) is 0 Å². The Bertz CT molecular complexity index is 384. The van der Waals surface area contributed by atoms with Gasteiger partial charge in [0.1, 0.15) is 5.82 Å². The van der Waals surface area contributed by atoms with Gasteiger partial charge in [-0.05, 0) is 37.6 Å². The molecule has 0 aromatic carbocycles. The zero-order valence-corrected chi connectivity index (χ0v) is 11.7. The molecule has 1 saturated heterocycles. The number of anilines is 1. The van der Waals surface area contributed by atoms with Gasteiger partial charge in [-0.3, -0.25) is 5.10 Å². The van der Waals surface area contributed by atoms with E-state index in [1.54, 1.807) is 0 Å². The maximum absolute atomic E-state index is 8.76. The van der Waals surface area contributed by atoms with Gasteiger partial charge in [0.05, 0.1) is 0 Å². The number of aromatic nitrogens is 3. The molecule has 0 saturated carbocycles. The van der Waals surface area contributed by atoms with Crippen LogP contribution in [0.4, 0.5) is 5.95 Å². The van der Waals surface area contributed by atoms with Crippen LogP contribution in [0.3, 0.4) is 0 Å². The van der Waals surface area contributed by atoms with Crippen LogP contribution in [0.15, 0.2) is 0 Å². The fourth-order valence-corrected chi connectivity index (χ4v) is 2.39. The molecular weight excluding hydrogens is 242 g/mol. The number of aromatic amines is 1. The molecule has 0 spiro atoms. The molecule has 19 heavy (non-hydrogen) atoms. The number of piperidine rings is 1. The lowest BCUT2D eigenvalue weighted by Gasteiger charge is -2.38. The Kier molecular flexibility index (Phi) is 4.76. The summed E-state index contributed by atoms with van der Waals surface area (Å²) in [6.07, 6.45) is 4.79. The minimum absolute atomic E-state index is 0.241. The number of aryl methyl sites for hydroxylation is 1. The Labute approximate surface area is 114 Å². The van der Waals surface area contributed by atoms with Crippen molar-refractivity contribution in [3.05, 3.63) is 5.82 Å². The van der Waals surface area contributed by atoms with Gasteiger partial charge in [-0.2, -0.15) is 4.98 Å². The Hall–Kier alpha value is -1.14. The summed E-state index contributed by atoms with van der Waals surface area (Å²) in [5.41, 5.74) is 6.09. The molecule has 6 nitrogen and oxygen atoms in total. The number of hydrogen-bond acceptors (Lipinski definition) is 5. The highest BCUT2D eigenvalue weighted by atomic mass is 16.2. The van der Waals surface area contributed by atoms with E-state index in [1.165, 1.54) is 0 Å². The third kappa shape index (κ3) is 3.67. The molecule has 4 N–H and O–H groups in total. The lowest BCUT2D eigenvalue weighted by atomic mass is 9.81. The predicted octanol–water partition coefficient (Wildman–Crippen LogP) is 0.685. The molecule has 1 aliphatic rings. The first-order valence-electron chi connectivity index (χ1n) is 7.14. The van der Waals surface area contributed by atoms with Gasteiger partial charge in [0.2, 0.25) is 5.95 Å². The van der Waals surface area contributed by atoms with E-state index in [-0.39, 0.29) is 12.0 Å². The molecule has 0 radical (unpaired) electrons. The molecule has 6 heteroatoms. The molecule has 1 aromatic heterocycles. The second-order valence-corrected chi connectivity index (χ2v) is 5.76. The van der Waals surface area contributed by atoms with Crippen LogP contribution in [0, 0.1) is 5.41 Å². The third-order valence-electron chi connectivity index (χ3n) is 4.09. The van der Waals surface area contributed by atoms with Crippen molar-refractivity contribution in [1.29, 1.82) is 0 Å². The molecule has 0 aliphatic carbocycles. The fourth-order valence-electron chi connectivity index (χ4n) is 2.39. The van der Waals surface area contributed by atoms with Crippen molar-refractivity contribution in [2.24, 2.45) is 11.1 Å². The van der Waals surface area contributed by atoms with Crippen molar-refractivity contribution in [2.75, 3.05) is 31.1 Å². The number of rotatable bonds is 6. The number of hydrogen-bond donors (Lipinski definition) is 3. The van der Waals surface area contributed by atoms with Crippen molar-refractivity contribution in [3.63, 3.8) is 0 Å². The van der Waals surface area contributed by atoms with Crippen LogP contribution in [0.1, 0.15) is 38.4 Å². The third-order valence-corrected chi connectivity index (χ3v) is 4.09. The van der Waals surface area contributed by atoms with E-state index in [0.29, 0.717) is 0 Å². The number of aliphatic hydroxyl groups excluding tert-OH is 1. The molecule has 2 heterocycles. The van der Waals surface area contributed by atoms with Gasteiger partial charge in [0, 0.05) is 26.1 Å². The summed E-state index contributed by atoms with van der Waals surface area (Å²) >= 11 is 0. The molecule has 1 fully saturated rings. The van der Waals surface area contributed by atoms with Crippen molar-refractivity contribution < 1.29 is 5.11 Å². The van der Waals surface area contributed by atoms with Crippen LogP contribution in [0.25, 0.3) is 0 Å². The van der Waals surface area contributed by atoms with Gasteiger partial charge in [-0.15, -0.1) is 5.10 Å². The van der Waals surface area contributed by atoms with Gasteiger partial charge < -0.3 is 15.7 Å². The van der Waals surface area contributed by atoms with Gasteiger partial charge >= 0.3 is 0 Å². The summed E-state index contributed by atoms with van der Waals surface area (Å²) in [5, 5.41) is 16.0. The van der Waals surface area contributed by atoms with Gasteiger partial charge in [0.25, 0.3) is 0 Å². The van der Waals surface area contributed by atoms with Crippen molar-refractivity contribution in [2.45, 2.75) is 39.0 Å². The minimum Gasteiger partial charge on any atom is -0.396 e. The molecule has 2 rings (SSSR count). The summed E-state index contributed by atoms with van der Waals surface area (Å²) < 4.78 is 0. The molecule has 0 atom stereocenters. The number of nitrogens with two attached hydrogens (primary N) is 1. The van der Waals surface area contributed by atoms with Crippen LogP contribution in [-0.4, -0.2) is 46.5 Å². The Balaban J connectivity index is 1.86. The van der Waals surface area contributed by atoms with Crippen LogP contribution in [0.5, 0.6) is 0 Å². The topological polar surface area (TPSA) is 91.1 Å². The Morgan fingerprint density at radius 2 is 2.11 bits per heavy atom. The monoisotopic (exact) mass is 267 g/mol. The second kappa shape index (κ2) is 6.34. The molecule has 1 aliphatic heterocycles. The normalized spacial score (nSPS) is 18.8. The van der Waals surface area contributed by atoms with Gasteiger partial charge in [0.15, 0.2) is 0 Å². The van der Waals surface area contributed by atoms with Crippen LogP contribution < -0.4 is 10.6 Å². The van der Waals surface area contributed by atoms with Crippen molar-refractivity contribution in [3.8, 4) is 0 Å². The van der Waals surface area contributed by atoms with Crippen LogP contribution in [0.2, 0.25) is 0 Å². The van der Waals surface area contributed by atoms with Crippen LogP contribution >= 0.6 is 0 Å². The van der Waals surface area contributed by atoms with Crippen molar-refractivity contribution >= 4 is 5.95 Å². The average molecular weight is 267 g/mol. The number of aliphatic hydroxyl groups is 1. The molecule has 1 aromatic rings. The van der Waals surface area contributed by atoms with E-state index in [4.69, 9.17) is 10.8 Å². The quantitative estimate of drug-likeness (QED) is 0.659. The number of unbranched alkanes of at least 4 members (excludes halogenated alkanes) is 1. The fraction of sp³-hybridized carbons (Fsp3) is 0.846. The van der Waals surface area contributed by atoms with E-state index in [9.17, 15) is 0 Å². The lowest BCUT2D eigenvalue weighted by Crippen LogP contribution is -2.42. The largest absolute Gasteiger partial charge is 0.396 e. The zero-order chi connectivity index (χ0) is 13.7. The first kappa shape index (κ1) is 14.3. The Morgan fingerprint density at radius 3 is 2.74 bits per heavy atom. The number of H-pyrrole nitrogens is 1. The van der Waals surface area contributed by atoms with E-state index in [1.807, 2.05) is 0 Å². The summed E-state index contributed by atoms with van der Waals surface area (Å²) in [6.45, 7) is 5.19. The number of nitrogens with one attached hydrogen (secondary N) is 1. The number of nitrogens with zero attached hydrogens (tertiary/aromatic N) is 3. The van der Waals surface area contributed by atoms with Crippen molar-refractivity contribution in [1.82, 2.24) is 15.2 Å². The Morgan fingerprint density at radius 1 is 1.37 bits per heavy atom. The maximum Gasteiger partial charge on any atom is 0.244 e. The summed E-state index contributed by atoms with van der Waals surface area (Å²) in [7, 11) is 0. The predicted molar refractivity (Wildman–Crippen MR) is 75.0 cm³/mol. The first-order valence-corrected chi connectivity index (χ1v) is 7.14. The second-order valence-electron chi connectivity index (χ2n) is 5.76. The zero-order valence-electron chi connectivity index (χ0n) is 11.7. The van der Waals surface area contributed by atoms with Gasteiger partial charge in [-0.1, -0.05) is 6.92 Å². The highest BCUT2D eigenvalue weighted by molar-refractivity contribution is 5.29. The van der Waals surface area contributed by atoms with E-state index in [2.05, 4.69) is 27.0 Å². The molecule has 0 unspecified atom stereocenters. The standard InChI is InChI=1S/C13H25N5O/c1-13(10-14)5-7-18(8-6-13)12-15-11(16-17-12)4-2-3-9-19/h19H,2-10,14H2,1H3,(H,15,16,17). The summed E-state index contributed by atoms with van der Waals surface area (Å²) in [5.74, 6) is 1.72. The minimum atomic E-state index is 0.241. The SMILES string of the molecule is CC1(CN)CCN(c2n[nH]c(CCCCO)n2)CC1. The molecule has 0 amide bonds.